The van der Waals surface area contributed by atoms with Crippen molar-refractivity contribution in [3.63, 3.8) is 0 Å². The highest BCUT2D eigenvalue weighted by Crippen LogP contribution is 2.11. The van der Waals surface area contributed by atoms with Crippen LogP contribution in [-0.4, -0.2) is 59.4 Å². The van der Waals surface area contributed by atoms with Gasteiger partial charge >= 0.3 is 5.97 Å². The largest absolute Gasteiger partial charge is 0.480 e. The zero-order chi connectivity index (χ0) is 17.4. The number of carboxylic acids is 1. The Morgan fingerprint density at radius 2 is 1.52 bits per heavy atom. The third kappa shape index (κ3) is 5.39. The van der Waals surface area contributed by atoms with Crippen LogP contribution in [0.5, 0.6) is 0 Å². The van der Waals surface area contributed by atoms with Gasteiger partial charge in [-0.25, -0.2) is 0 Å². The highest BCUT2D eigenvalue weighted by molar-refractivity contribution is 6.00. The summed E-state index contributed by atoms with van der Waals surface area (Å²) in [7, 11) is 1.42. The molecule has 0 spiro atoms. The number of benzene rings is 1. The van der Waals surface area contributed by atoms with Crippen LogP contribution in [0.3, 0.4) is 0 Å². The van der Waals surface area contributed by atoms with Crippen molar-refractivity contribution in [2.24, 2.45) is 0 Å². The minimum atomic E-state index is -1.08. The number of carbonyl (C=O) groups excluding carboxylic acids is 2. The lowest BCUT2D eigenvalue weighted by Crippen LogP contribution is -2.33. The first-order chi connectivity index (χ1) is 10.9. The average Bonchev–Trinajstić information content (AvgIpc) is 2.52. The number of carbonyl (C=O) groups is 3. The summed E-state index contributed by atoms with van der Waals surface area (Å²) in [4.78, 5) is 38.3. The maximum atomic E-state index is 12.6. The van der Waals surface area contributed by atoms with Gasteiger partial charge in [-0.2, -0.15) is 0 Å². The minimum Gasteiger partial charge on any atom is -0.480 e. The SMILES string of the molecule is CCCN(CCC)C(=O)c1cccc(C(=O)N(C)CC(=O)O)c1. The molecule has 1 rings (SSSR count). The number of hydrogen-bond acceptors (Lipinski definition) is 3. The van der Waals surface area contributed by atoms with Crippen LogP contribution in [-0.2, 0) is 4.79 Å². The normalized spacial score (nSPS) is 10.2. The van der Waals surface area contributed by atoms with Crippen molar-refractivity contribution in [3.05, 3.63) is 35.4 Å². The van der Waals surface area contributed by atoms with Crippen molar-refractivity contribution in [1.29, 1.82) is 0 Å². The Morgan fingerprint density at radius 1 is 1.00 bits per heavy atom. The van der Waals surface area contributed by atoms with Crippen molar-refractivity contribution in [3.8, 4) is 0 Å². The fraction of sp³-hybridized carbons (Fsp3) is 0.471. The molecule has 2 amide bonds. The summed E-state index contributed by atoms with van der Waals surface area (Å²) in [6.07, 6.45) is 1.73. The molecule has 0 fully saturated rings. The van der Waals surface area contributed by atoms with Crippen molar-refractivity contribution in [2.45, 2.75) is 26.7 Å². The number of carboxylic acid groups (broad SMARTS) is 1. The van der Waals surface area contributed by atoms with E-state index in [-0.39, 0.29) is 12.5 Å². The van der Waals surface area contributed by atoms with E-state index in [1.165, 1.54) is 13.1 Å². The summed E-state index contributed by atoms with van der Waals surface area (Å²) in [6.45, 7) is 4.98. The Hall–Kier alpha value is -2.37. The van der Waals surface area contributed by atoms with Gasteiger partial charge in [0.1, 0.15) is 6.54 Å². The molecule has 0 aliphatic heterocycles. The van der Waals surface area contributed by atoms with Crippen molar-refractivity contribution in [1.82, 2.24) is 9.80 Å². The Kier molecular flexibility index (Phi) is 7.25. The van der Waals surface area contributed by atoms with Crippen molar-refractivity contribution >= 4 is 17.8 Å². The monoisotopic (exact) mass is 320 g/mol. The van der Waals surface area contributed by atoms with Crippen LogP contribution in [0.15, 0.2) is 24.3 Å². The van der Waals surface area contributed by atoms with Gasteiger partial charge in [-0.3, -0.25) is 14.4 Å². The predicted molar refractivity (Wildman–Crippen MR) is 87.5 cm³/mol. The molecule has 0 radical (unpaired) electrons. The summed E-state index contributed by atoms with van der Waals surface area (Å²) in [5.74, 6) is -1.60. The second-order valence-electron chi connectivity index (χ2n) is 5.43. The fourth-order valence-corrected chi connectivity index (χ4v) is 2.32. The van der Waals surface area contributed by atoms with Gasteiger partial charge in [0.05, 0.1) is 0 Å². The Balaban J connectivity index is 2.96. The van der Waals surface area contributed by atoms with Crippen LogP contribution >= 0.6 is 0 Å². The molecule has 6 nitrogen and oxygen atoms in total. The maximum Gasteiger partial charge on any atom is 0.323 e. The second-order valence-corrected chi connectivity index (χ2v) is 5.43. The predicted octanol–water partition coefficient (Wildman–Crippen LogP) is 2.11. The molecule has 126 valence electrons. The quantitative estimate of drug-likeness (QED) is 0.796. The first kappa shape index (κ1) is 18.7. The van der Waals surface area contributed by atoms with Gasteiger partial charge in [-0.05, 0) is 31.0 Å². The topological polar surface area (TPSA) is 77.9 Å². The number of likely N-dealkylation sites (N-methyl/N-ethyl adjacent to an activating group) is 1. The van der Waals surface area contributed by atoms with Gasteiger partial charge in [0.2, 0.25) is 0 Å². The number of hydrogen-bond donors (Lipinski definition) is 1. The van der Waals surface area contributed by atoms with Gasteiger partial charge < -0.3 is 14.9 Å². The highest BCUT2D eigenvalue weighted by Gasteiger charge is 2.18. The molecular formula is C17H24N2O4. The molecule has 0 bridgehead atoms. The van der Waals surface area contributed by atoms with Crippen LogP contribution in [0.4, 0.5) is 0 Å². The van der Waals surface area contributed by atoms with Crippen LogP contribution in [0, 0.1) is 0 Å². The zero-order valence-corrected chi connectivity index (χ0v) is 13.9. The first-order valence-electron chi connectivity index (χ1n) is 7.77. The smallest absolute Gasteiger partial charge is 0.323 e. The number of aliphatic carboxylic acids is 1. The number of rotatable bonds is 8. The molecule has 0 aromatic heterocycles. The Labute approximate surface area is 136 Å². The summed E-state index contributed by atoms with van der Waals surface area (Å²) >= 11 is 0. The summed E-state index contributed by atoms with van der Waals surface area (Å²) in [5, 5.41) is 8.76. The Bertz CT molecular complexity index is 565. The first-order valence-corrected chi connectivity index (χ1v) is 7.77. The zero-order valence-electron chi connectivity index (χ0n) is 13.9. The molecule has 0 aliphatic carbocycles. The van der Waals surface area contributed by atoms with E-state index in [2.05, 4.69) is 0 Å². The van der Waals surface area contributed by atoms with Gasteiger partial charge in [-0.1, -0.05) is 19.9 Å². The van der Waals surface area contributed by atoms with Crippen molar-refractivity contribution in [2.75, 3.05) is 26.7 Å². The summed E-state index contributed by atoms with van der Waals surface area (Å²) < 4.78 is 0. The minimum absolute atomic E-state index is 0.107. The summed E-state index contributed by atoms with van der Waals surface area (Å²) in [5.41, 5.74) is 0.758. The molecule has 1 aromatic carbocycles. The van der Waals surface area contributed by atoms with E-state index in [0.717, 1.165) is 17.7 Å². The number of amides is 2. The van der Waals surface area contributed by atoms with Crippen LogP contribution < -0.4 is 0 Å². The molecule has 0 atom stereocenters. The van der Waals surface area contributed by atoms with Crippen LogP contribution in [0.1, 0.15) is 47.4 Å². The molecule has 0 aliphatic rings. The molecular weight excluding hydrogens is 296 g/mol. The van der Waals surface area contributed by atoms with Crippen molar-refractivity contribution < 1.29 is 19.5 Å². The van der Waals surface area contributed by atoms with Gasteiger partial charge in [0, 0.05) is 31.3 Å². The molecule has 1 aromatic rings. The molecule has 0 saturated carbocycles. The lowest BCUT2D eigenvalue weighted by molar-refractivity contribution is -0.137. The number of nitrogens with zero attached hydrogens (tertiary/aromatic N) is 2. The molecule has 0 heterocycles. The van der Waals surface area contributed by atoms with E-state index < -0.39 is 11.9 Å². The van der Waals surface area contributed by atoms with Crippen LogP contribution in [0.2, 0.25) is 0 Å². The lowest BCUT2D eigenvalue weighted by atomic mass is 10.1. The lowest BCUT2D eigenvalue weighted by Gasteiger charge is -2.22. The standard InChI is InChI=1S/C17H24N2O4/c1-4-9-19(10-5-2)17(23)14-8-6-7-13(11-14)16(22)18(3)12-15(20)21/h6-8,11H,4-5,9-10,12H2,1-3H3,(H,20,21). The molecule has 1 N–H and O–H groups in total. The van der Waals surface area contributed by atoms with E-state index >= 15 is 0 Å². The molecule has 23 heavy (non-hydrogen) atoms. The van der Waals surface area contributed by atoms with E-state index in [0.29, 0.717) is 24.2 Å². The van der Waals surface area contributed by atoms with E-state index in [1.807, 2.05) is 13.8 Å². The fourth-order valence-electron chi connectivity index (χ4n) is 2.32. The third-order valence-corrected chi connectivity index (χ3v) is 3.35. The van der Waals surface area contributed by atoms with Gasteiger partial charge in [0.25, 0.3) is 11.8 Å². The second kappa shape index (κ2) is 8.92. The molecule has 6 heteroatoms. The molecule has 0 saturated heterocycles. The Morgan fingerprint density at radius 3 is 2.00 bits per heavy atom. The van der Waals surface area contributed by atoms with E-state index in [1.54, 1.807) is 23.1 Å². The van der Waals surface area contributed by atoms with Gasteiger partial charge in [0.15, 0.2) is 0 Å². The van der Waals surface area contributed by atoms with Crippen LogP contribution in [0.25, 0.3) is 0 Å². The molecule has 0 unspecified atom stereocenters. The maximum absolute atomic E-state index is 12.6. The average molecular weight is 320 g/mol. The third-order valence-electron chi connectivity index (χ3n) is 3.35. The van der Waals surface area contributed by atoms with E-state index in [4.69, 9.17) is 5.11 Å². The van der Waals surface area contributed by atoms with E-state index in [9.17, 15) is 14.4 Å². The highest BCUT2D eigenvalue weighted by atomic mass is 16.4. The summed E-state index contributed by atoms with van der Waals surface area (Å²) in [6, 6.07) is 6.43. The van der Waals surface area contributed by atoms with Gasteiger partial charge in [-0.15, -0.1) is 0 Å².